The fourth-order valence-corrected chi connectivity index (χ4v) is 2.99. The van der Waals surface area contributed by atoms with E-state index >= 15 is 0 Å². The summed E-state index contributed by atoms with van der Waals surface area (Å²) in [6, 6.07) is 9.99. The lowest BCUT2D eigenvalue weighted by Crippen LogP contribution is -2.08. The van der Waals surface area contributed by atoms with Gasteiger partial charge in [0, 0.05) is 13.7 Å². The fourth-order valence-electron chi connectivity index (χ4n) is 2.50. The molecule has 0 atom stereocenters. The number of carbonyl (C=O) groups is 1. The standard InChI is InChI=1S/C17H15Cl2N3O3/c1-25-8-7-22-14-6-5-10(16(23)24)9-13(14)20-17(22)21-15-11(18)3-2-4-12(15)19/h2-6,9H,7-8H2,1H3,(H,20,21)(H,23,24). The molecule has 25 heavy (non-hydrogen) atoms. The molecule has 8 heteroatoms. The van der Waals surface area contributed by atoms with Crippen molar-refractivity contribution in [2.24, 2.45) is 0 Å². The van der Waals surface area contributed by atoms with E-state index in [9.17, 15) is 4.79 Å². The van der Waals surface area contributed by atoms with Crippen molar-refractivity contribution in [3.05, 3.63) is 52.0 Å². The van der Waals surface area contributed by atoms with Crippen molar-refractivity contribution in [3.63, 3.8) is 0 Å². The highest BCUT2D eigenvalue weighted by Crippen LogP contribution is 2.33. The number of benzene rings is 2. The summed E-state index contributed by atoms with van der Waals surface area (Å²) in [7, 11) is 1.61. The smallest absolute Gasteiger partial charge is 0.335 e. The van der Waals surface area contributed by atoms with Crippen molar-refractivity contribution < 1.29 is 14.6 Å². The highest BCUT2D eigenvalue weighted by atomic mass is 35.5. The number of rotatable bonds is 6. The van der Waals surface area contributed by atoms with Gasteiger partial charge >= 0.3 is 5.97 Å². The predicted molar refractivity (Wildman–Crippen MR) is 98.3 cm³/mol. The molecule has 2 N–H and O–H groups in total. The molecule has 1 heterocycles. The van der Waals surface area contributed by atoms with Gasteiger partial charge in [-0.15, -0.1) is 0 Å². The van der Waals surface area contributed by atoms with Gasteiger partial charge in [0.1, 0.15) is 0 Å². The summed E-state index contributed by atoms with van der Waals surface area (Å²) in [6.45, 7) is 1.00. The van der Waals surface area contributed by atoms with Crippen LogP contribution in [0.1, 0.15) is 10.4 Å². The van der Waals surface area contributed by atoms with E-state index in [1.807, 2.05) is 4.57 Å². The number of halogens is 2. The average Bonchev–Trinajstić information content (AvgIpc) is 2.92. The Balaban J connectivity index is 2.10. The number of carboxylic acids is 1. The van der Waals surface area contributed by atoms with E-state index < -0.39 is 5.97 Å². The Hall–Kier alpha value is -2.28. The molecule has 0 saturated heterocycles. The summed E-state index contributed by atoms with van der Waals surface area (Å²) < 4.78 is 7.05. The molecule has 1 aromatic heterocycles. The molecule has 6 nitrogen and oxygen atoms in total. The molecule has 3 aromatic rings. The summed E-state index contributed by atoms with van der Waals surface area (Å²) in [5.74, 6) is -0.499. The first-order valence-corrected chi connectivity index (χ1v) is 8.20. The molecule has 0 bridgehead atoms. The van der Waals surface area contributed by atoms with Gasteiger partial charge in [-0.25, -0.2) is 9.78 Å². The van der Waals surface area contributed by atoms with Crippen molar-refractivity contribution in [1.82, 2.24) is 9.55 Å². The summed E-state index contributed by atoms with van der Waals surface area (Å²) in [5.41, 5.74) is 2.05. The quantitative estimate of drug-likeness (QED) is 0.662. The molecule has 0 amide bonds. The second-order valence-corrected chi connectivity index (χ2v) is 6.12. The van der Waals surface area contributed by atoms with Crippen LogP contribution >= 0.6 is 23.2 Å². The molecule has 0 aliphatic carbocycles. The zero-order valence-electron chi connectivity index (χ0n) is 13.3. The minimum absolute atomic E-state index is 0.172. The van der Waals surface area contributed by atoms with E-state index in [2.05, 4.69) is 10.3 Å². The maximum Gasteiger partial charge on any atom is 0.335 e. The number of nitrogens with zero attached hydrogens (tertiary/aromatic N) is 2. The Morgan fingerprint density at radius 1 is 1.28 bits per heavy atom. The molecule has 0 aliphatic rings. The lowest BCUT2D eigenvalue weighted by atomic mass is 10.2. The minimum Gasteiger partial charge on any atom is -0.478 e. The number of methoxy groups -OCH3 is 1. The number of para-hydroxylation sites is 1. The van der Waals surface area contributed by atoms with E-state index in [1.54, 1.807) is 37.4 Å². The van der Waals surface area contributed by atoms with Crippen LogP contribution in [-0.4, -0.2) is 34.3 Å². The van der Waals surface area contributed by atoms with Crippen molar-refractivity contribution in [3.8, 4) is 0 Å². The van der Waals surface area contributed by atoms with Crippen molar-refractivity contribution in [2.75, 3.05) is 19.0 Å². The molecule has 0 radical (unpaired) electrons. The third-order valence-electron chi connectivity index (χ3n) is 3.71. The summed E-state index contributed by atoms with van der Waals surface area (Å²) in [5, 5.41) is 13.2. The van der Waals surface area contributed by atoms with Crippen LogP contribution in [0.4, 0.5) is 11.6 Å². The van der Waals surface area contributed by atoms with Crippen LogP contribution in [0.25, 0.3) is 11.0 Å². The Bertz CT molecular complexity index is 920. The number of hydrogen-bond acceptors (Lipinski definition) is 4. The Labute approximate surface area is 153 Å². The molecule has 0 spiro atoms. The SMILES string of the molecule is COCCn1c(Nc2c(Cl)cccc2Cl)nc2cc(C(=O)O)ccc21. The molecular formula is C17H15Cl2N3O3. The van der Waals surface area contributed by atoms with Gasteiger partial charge in [0.15, 0.2) is 0 Å². The minimum atomic E-state index is -1.00. The van der Waals surface area contributed by atoms with Crippen LogP contribution in [0.15, 0.2) is 36.4 Å². The highest BCUT2D eigenvalue weighted by molar-refractivity contribution is 6.39. The second kappa shape index (κ2) is 7.31. The van der Waals surface area contributed by atoms with E-state index in [4.69, 9.17) is 33.0 Å². The third-order valence-corrected chi connectivity index (χ3v) is 4.34. The van der Waals surface area contributed by atoms with Gasteiger partial charge < -0.3 is 19.7 Å². The van der Waals surface area contributed by atoms with Crippen LogP contribution in [0.2, 0.25) is 10.0 Å². The second-order valence-electron chi connectivity index (χ2n) is 5.31. The Kier molecular flexibility index (Phi) is 5.13. The average molecular weight is 380 g/mol. The van der Waals surface area contributed by atoms with E-state index in [0.29, 0.717) is 40.3 Å². The van der Waals surface area contributed by atoms with Crippen molar-refractivity contribution in [2.45, 2.75) is 6.54 Å². The lowest BCUT2D eigenvalue weighted by molar-refractivity contribution is 0.0697. The third kappa shape index (κ3) is 3.56. The number of carboxylic acid groups (broad SMARTS) is 1. The molecule has 0 aliphatic heterocycles. The molecular weight excluding hydrogens is 365 g/mol. The number of ether oxygens (including phenoxy) is 1. The van der Waals surface area contributed by atoms with Gasteiger partial charge in [-0.1, -0.05) is 29.3 Å². The van der Waals surface area contributed by atoms with Gasteiger partial charge in [0.25, 0.3) is 0 Å². The summed E-state index contributed by atoms with van der Waals surface area (Å²) >= 11 is 12.4. The number of imidazole rings is 1. The molecule has 0 saturated carbocycles. The normalized spacial score (nSPS) is 11.0. The fraction of sp³-hybridized carbons (Fsp3) is 0.176. The molecule has 0 unspecified atom stereocenters. The number of anilines is 2. The Morgan fingerprint density at radius 3 is 2.64 bits per heavy atom. The monoisotopic (exact) mass is 379 g/mol. The van der Waals surface area contributed by atoms with Crippen molar-refractivity contribution in [1.29, 1.82) is 0 Å². The maximum atomic E-state index is 11.2. The van der Waals surface area contributed by atoms with Crippen LogP contribution in [0.5, 0.6) is 0 Å². The number of fused-ring (bicyclic) bond motifs is 1. The van der Waals surface area contributed by atoms with E-state index in [0.717, 1.165) is 5.52 Å². The summed E-state index contributed by atoms with van der Waals surface area (Å²) in [4.78, 5) is 15.7. The van der Waals surface area contributed by atoms with Gasteiger partial charge in [-0.2, -0.15) is 0 Å². The maximum absolute atomic E-state index is 11.2. The highest BCUT2D eigenvalue weighted by Gasteiger charge is 2.15. The summed E-state index contributed by atoms with van der Waals surface area (Å²) in [6.07, 6.45) is 0. The predicted octanol–water partition coefficient (Wildman–Crippen LogP) is 4.43. The van der Waals surface area contributed by atoms with Gasteiger partial charge in [0.2, 0.25) is 5.95 Å². The topological polar surface area (TPSA) is 76.4 Å². The zero-order valence-corrected chi connectivity index (χ0v) is 14.8. The number of hydrogen-bond donors (Lipinski definition) is 2. The van der Waals surface area contributed by atoms with E-state index in [-0.39, 0.29) is 5.56 Å². The first kappa shape index (κ1) is 17.5. The molecule has 3 rings (SSSR count). The van der Waals surface area contributed by atoms with E-state index in [1.165, 1.54) is 6.07 Å². The molecule has 0 fully saturated rings. The number of nitrogens with one attached hydrogen (secondary N) is 1. The zero-order chi connectivity index (χ0) is 18.0. The molecule has 130 valence electrons. The van der Waals surface area contributed by atoms with Gasteiger partial charge in [-0.05, 0) is 30.3 Å². The van der Waals surface area contributed by atoms with Crippen LogP contribution < -0.4 is 5.32 Å². The Morgan fingerprint density at radius 2 is 2.00 bits per heavy atom. The van der Waals surface area contributed by atoms with Crippen LogP contribution in [0.3, 0.4) is 0 Å². The number of aromatic nitrogens is 2. The van der Waals surface area contributed by atoms with Gasteiger partial charge in [-0.3, -0.25) is 0 Å². The van der Waals surface area contributed by atoms with Crippen molar-refractivity contribution >= 4 is 51.8 Å². The van der Waals surface area contributed by atoms with Crippen LogP contribution in [0, 0.1) is 0 Å². The number of aromatic carboxylic acids is 1. The first-order valence-electron chi connectivity index (χ1n) is 7.45. The van der Waals surface area contributed by atoms with Crippen LogP contribution in [-0.2, 0) is 11.3 Å². The lowest BCUT2D eigenvalue weighted by Gasteiger charge is -2.12. The largest absolute Gasteiger partial charge is 0.478 e. The van der Waals surface area contributed by atoms with Gasteiger partial charge in [0.05, 0.1) is 38.9 Å². The molecule has 2 aromatic carbocycles. The first-order chi connectivity index (χ1) is 12.0.